The zero-order valence-electron chi connectivity index (χ0n) is 11.5. The van der Waals surface area contributed by atoms with E-state index in [1.54, 1.807) is 0 Å². The predicted molar refractivity (Wildman–Crippen MR) is 75.7 cm³/mol. The number of hydrogen-bond donors (Lipinski definition) is 2. The second-order valence-electron chi connectivity index (χ2n) is 4.39. The van der Waals surface area contributed by atoms with Crippen LogP contribution in [-0.2, 0) is 6.54 Å². The summed E-state index contributed by atoms with van der Waals surface area (Å²) in [4.78, 5) is 6.64. The highest BCUT2D eigenvalue weighted by Crippen LogP contribution is 2.14. The first-order chi connectivity index (χ1) is 8.81. The highest BCUT2D eigenvalue weighted by Gasteiger charge is 2.08. The molecular formula is C14H25N3O. The summed E-state index contributed by atoms with van der Waals surface area (Å²) in [5.74, 6) is 0.958. The first-order valence-electron chi connectivity index (χ1n) is 6.82. The number of aliphatic hydroxyl groups is 1. The lowest BCUT2D eigenvalue weighted by atomic mass is 10.2. The maximum Gasteiger partial charge on any atom is 0.130 e. The topological polar surface area (TPSA) is 48.4 Å². The van der Waals surface area contributed by atoms with Gasteiger partial charge in [0, 0.05) is 31.4 Å². The van der Waals surface area contributed by atoms with E-state index in [0.29, 0.717) is 0 Å². The fourth-order valence-corrected chi connectivity index (χ4v) is 1.93. The summed E-state index contributed by atoms with van der Waals surface area (Å²) < 4.78 is 0. The largest absolute Gasteiger partial charge is 0.395 e. The van der Waals surface area contributed by atoms with Gasteiger partial charge in [0.2, 0.25) is 0 Å². The Kier molecular flexibility index (Phi) is 7.37. The fraction of sp³-hybridized carbons (Fsp3) is 0.643. The third kappa shape index (κ3) is 5.02. The fourth-order valence-electron chi connectivity index (χ4n) is 1.93. The molecule has 2 N–H and O–H groups in total. The first kappa shape index (κ1) is 14.9. The van der Waals surface area contributed by atoms with E-state index >= 15 is 0 Å². The van der Waals surface area contributed by atoms with Crippen molar-refractivity contribution in [2.45, 2.75) is 33.2 Å². The molecule has 0 aliphatic carbocycles. The molecule has 4 heteroatoms. The van der Waals surface area contributed by atoms with Crippen molar-refractivity contribution in [2.75, 3.05) is 31.6 Å². The molecule has 0 radical (unpaired) electrons. The molecule has 1 rings (SSSR count). The number of nitrogens with zero attached hydrogens (tertiary/aromatic N) is 2. The van der Waals surface area contributed by atoms with Crippen LogP contribution in [0, 0.1) is 0 Å². The molecule has 102 valence electrons. The molecule has 0 atom stereocenters. The maximum atomic E-state index is 9.11. The molecule has 4 nitrogen and oxygen atoms in total. The van der Waals surface area contributed by atoms with Crippen LogP contribution in [0.1, 0.15) is 32.3 Å². The number of aromatic nitrogens is 1. The smallest absolute Gasteiger partial charge is 0.130 e. The van der Waals surface area contributed by atoms with E-state index in [1.807, 2.05) is 12.3 Å². The van der Waals surface area contributed by atoms with E-state index in [-0.39, 0.29) is 6.61 Å². The number of nitrogens with one attached hydrogen (secondary N) is 1. The van der Waals surface area contributed by atoms with Gasteiger partial charge >= 0.3 is 0 Å². The highest BCUT2D eigenvalue weighted by atomic mass is 16.3. The molecule has 1 aromatic heterocycles. The summed E-state index contributed by atoms with van der Waals surface area (Å²) in [6.07, 6.45) is 4.15. The molecule has 0 saturated carbocycles. The SMILES string of the molecule is CCCCN(CCO)Cc1cccnc1NCC. The molecule has 1 aromatic rings. The van der Waals surface area contributed by atoms with Crippen molar-refractivity contribution in [3.05, 3.63) is 23.9 Å². The summed E-state index contributed by atoms with van der Waals surface area (Å²) >= 11 is 0. The molecule has 1 heterocycles. The second kappa shape index (κ2) is 8.89. The van der Waals surface area contributed by atoms with Gasteiger partial charge in [0.1, 0.15) is 5.82 Å². The maximum absolute atomic E-state index is 9.11. The van der Waals surface area contributed by atoms with Crippen molar-refractivity contribution in [2.24, 2.45) is 0 Å². The number of aliphatic hydroxyl groups excluding tert-OH is 1. The van der Waals surface area contributed by atoms with Crippen molar-refractivity contribution >= 4 is 5.82 Å². The van der Waals surface area contributed by atoms with Crippen LogP contribution in [0.15, 0.2) is 18.3 Å². The molecule has 0 unspecified atom stereocenters. The van der Waals surface area contributed by atoms with Crippen LogP contribution in [0.3, 0.4) is 0 Å². The van der Waals surface area contributed by atoms with Crippen LogP contribution in [-0.4, -0.2) is 41.2 Å². The Morgan fingerprint density at radius 1 is 1.33 bits per heavy atom. The average Bonchev–Trinajstić information content (AvgIpc) is 2.39. The zero-order valence-corrected chi connectivity index (χ0v) is 11.5. The molecule has 0 aliphatic rings. The Labute approximate surface area is 110 Å². The third-order valence-electron chi connectivity index (χ3n) is 2.87. The minimum absolute atomic E-state index is 0.209. The van der Waals surface area contributed by atoms with E-state index < -0.39 is 0 Å². The van der Waals surface area contributed by atoms with Gasteiger partial charge in [-0.05, 0) is 26.0 Å². The summed E-state index contributed by atoms with van der Waals surface area (Å²) in [6.45, 7) is 7.93. The minimum Gasteiger partial charge on any atom is -0.395 e. The molecule has 0 fully saturated rings. The van der Waals surface area contributed by atoms with E-state index in [9.17, 15) is 0 Å². The lowest BCUT2D eigenvalue weighted by molar-refractivity contribution is 0.188. The molecular weight excluding hydrogens is 226 g/mol. The van der Waals surface area contributed by atoms with Crippen molar-refractivity contribution < 1.29 is 5.11 Å². The first-order valence-corrected chi connectivity index (χ1v) is 6.82. The van der Waals surface area contributed by atoms with Crippen molar-refractivity contribution in [3.63, 3.8) is 0 Å². The number of unbranched alkanes of at least 4 members (excludes halogenated alkanes) is 1. The lowest BCUT2D eigenvalue weighted by Gasteiger charge is -2.22. The normalized spacial score (nSPS) is 10.9. The van der Waals surface area contributed by atoms with Crippen LogP contribution in [0.2, 0.25) is 0 Å². The van der Waals surface area contributed by atoms with Gasteiger partial charge in [-0.25, -0.2) is 4.98 Å². The average molecular weight is 251 g/mol. The van der Waals surface area contributed by atoms with E-state index in [4.69, 9.17) is 5.11 Å². The van der Waals surface area contributed by atoms with Gasteiger partial charge < -0.3 is 10.4 Å². The molecule has 18 heavy (non-hydrogen) atoms. The third-order valence-corrected chi connectivity index (χ3v) is 2.87. The summed E-state index contributed by atoms with van der Waals surface area (Å²) in [6, 6.07) is 4.06. The van der Waals surface area contributed by atoms with Crippen LogP contribution in [0.25, 0.3) is 0 Å². The van der Waals surface area contributed by atoms with Gasteiger partial charge in [0.05, 0.1) is 6.61 Å². The monoisotopic (exact) mass is 251 g/mol. The van der Waals surface area contributed by atoms with Crippen LogP contribution >= 0.6 is 0 Å². The lowest BCUT2D eigenvalue weighted by Crippen LogP contribution is -2.28. The van der Waals surface area contributed by atoms with E-state index in [1.165, 1.54) is 12.0 Å². The predicted octanol–water partition coefficient (Wildman–Crippen LogP) is 2.11. The van der Waals surface area contributed by atoms with Crippen molar-refractivity contribution in [1.82, 2.24) is 9.88 Å². The molecule has 0 spiro atoms. The minimum atomic E-state index is 0.209. The van der Waals surface area contributed by atoms with Crippen molar-refractivity contribution in [3.8, 4) is 0 Å². The number of pyridine rings is 1. The summed E-state index contributed by atoms with van der Waals surface area (Å²) in [5.41, 5.74) is 1.20. The molecule has 0 aromatic carbocycles. The standard InChI is InChI=1S/C14H25N3O/c1-3-5-9-17(10-11-18)12-13-7-6-8-16-14(13)15-4-2/h6-8,18H,3-5,9-12H2,1-2H3,(H,15,16). The van der Waals surface area contributed by atoms with E-state index in [2.05, 4.69) is 35.1 Å². The zero-order chi connectivity index (χ0) is 13.2. The summed E-state index contributed by atoms with van der Waals surface area (Å²) in [5, 5.41) is 12.4. The Morgan fingerprint density at radius 3 is 2.83 bits per heavy atom. The second-order valence-corrected chi connectivity index (χ2v) is 4.39. The van der Waals surface area contributed by atoms with Gasteiger partial charge in [0.25, 0.3) is 0 Å². The molecule has 0 aliphatic heterocycles. The van der Waals surface area contributed by atoms with Crippen LogP contribution < -0.4 is 5.32 Å². The van der Waals surface area contributed by atoms with Gasteiger partial charge in [0.15, 0.2) is 0 Å². The Morgan fingerprint density at radius 2 is 2.17 bits per heavy atom. The molecule has 0 saturated heterocycles. The quantitative estimate of drug-likeness (QED) is 0.705. The number of hydrogen-bond acceptors (Lipinski definition) is 4. The van der Waals surface area contributed by atoms with Gasteiger partial charge in [-0.1, -0.05) is 19.4 Å². The van der Waals surface area contributed by atoms with Gasteiger partial charge in [-0.2, -0.15) is 0 Å². The van der Waals surface area contributed by atoms with Gasteiger partial charge in [-0.3, -0.25) is 4.90 Å². The highest BCUT2D eigenvalue weighted by molar-refractivity contribution is 5.43. The molecule has 0 bridgehead atoms. The number of anilines is 1. The Balaban J connectivity index is 2.66. The van der Waals surface area contributed by atoms with Crippen LogP contribution in [0.4, 0.5) is 5.82 Å². The Hall–Kier alpha value is -1.13. The number of rotatable bonds is 9. The summed E-state index contributed by atoms with van der Waals surface area (Å²) in [7, 11) is 0. The van der Waals surface area contributed by atoms with Gasteiger partial charge in [-0.15, -0.1) is 0 Å². The van der Waals surface area contributed by atoms with Crippen LogP contribution in [0.5, 0.6) is 0 Å². The van der Waals surface area contributed by atoms with Crippen molar-refractivity contribution in [1.29, 1.82) is 0 Å². The Bertz CT molecular complexity index is 331. The molecule has 0 amide bonds. The van der Waals surface area contributed by atoms with E-state index in [0.717, 1.165) is 38.4 Å².